The van der Waals surface area contributed by atoms with Crippen LogP contribution in [0.4, 0.5) is 0 Å². The molecule has 0 amide bonds. The molecule has 0 radical (unpaired) electrons. The number of hydrogen-bond donors (Lipinski definition) is 0. The molecule has 0 saturated carbocycles. The van der Waals surface area contributed by atoms with Crippen molar-refractivity contribution in [1.82, 2.24) is 14.9 Å². The Kier molecular flexibility index (Phi) is 5.35. The first-order valence-electron chi connectivity index (χ1n) is 5.41. The molecule has 0 saturated heterocycles. The summed E-state index contributed by atoms with van der Waals surface area (Å²) in [6.45, 7) is 3.29. The number of carbonyl (C=O) groups is 1. The fourth-order valence-corrected chi connectivity index (χ4v) is 1.05. The zero-order chi connectivity index (χ0) is 12.7. The minimum atomic E-state index is -0.465. The predicted molar refractivity (Wildman–Crippen MR) is 62.0 cm³/mol. The number of aromatic nitrogens is 2. The van der Waals surface area contributed by atoms with Gasteiger partial charge < -0.3 is 14.4 Å². The van der Waals surface area contributed by atoms with Crippen LogP contribution in [-0.4, -0.2) is 54.7 Å². The molecular weight excluding hydrogens is 222 g/mol. The number of carbonyl (C=O) groups excluding carboxylic acids is 1. The van der Waals surface area contributed by atoms with E-state index in [0.717, 1.165) is 6.54 Å². The van der Waals surface area contributed by atoms with Crippen molar-refractivity contribution in [3.8, 4) is 6.01 Å². The standard InChI is InChI=1S/C11H17N3O3/c1-4-16-10(15)9-5-6-12-11(13-9)17-8-7-14(2)3/h5-6H,4,7-8H2,1-3H3. The highest BCUT2D eigenvalue weighted by Crippen LogP contribution is 2.04. The zero-order valence-electron chi connectivity index (χ0n) is 10.3. The quantitative estimate of drug-likeness (QED) is 0.677. The van der Waals surface area contributed by atoms with Crippen molar-refractivity contribution in [3.63, 3.8) is 0 Å². The lowest BCUT2D eigenvalue weighted by atomic mass is 10.4. The molecule has 0 aromatic carbocycles. The first-order chi connectivity index (χ1) is 8.13. The van der Waals surface area contributed by atoms with Gasteiger partial charge in [-0.15, -0.1) is 0 Å². The average Bonchev–Trinajstić information content (AvgIpc) is 2.29. The molecule has 94 valence electrons. The lowest BCUT2D eigenvalue weighted by Crippen LogP contribution is -2.20. The Hall–Kier alpha value is -1.69. The molecule has 0 bridgehead atoms. The third kappa shape index (κ3) is 4.78. The molecule has 0 unspecified atom stereocenters. The van der Waals surface area contributed by atoms with Crippen LogP contribution in [0.2, 0.25) is 0 Å². The van der Waals surface area contributed by atoms with Crippen LogP contribution in [0.5, 0.6) is 6.01 Å². The van der Waals surface area contributed by atoms with E-state index in [2.05, 4.69) is 9.97 Å². The maximum Gasteiger partial charge on any atom is 0.357 e. The summed E-state index contributed by atoms with van der Waals surface area (Å²) < 4.78 is 10.1. The number of esters is 1. The molecule has 0 atom stereocenters. The minimum Gasteiger partial charge on any atom is -0.462 e. The van der Waals surface area contributed by atoms with Crippen LogP contribution >= 0.6 is 0 Å². The third-order valence-corrected chi connectivity index (χ3v) is 1.89. The van der Waals surface area contributed by atoms with Crippen molar-refractivity contribution in [1.29, 1.82) is 0 Å². The normalized spacial score (nSPS) is 10.4. The number of hydrogen-bond acceptors (Lipinski definition) is 6. The molecule has 0 aliphatic heterocycles. The molecule has 17 heavy (non-hydrogen) atoms. The van der Waals surface area contributed by atoms with Crippen molar-refractivity contribution >= 4 is 5.97 Å². The topological polar surface area (TPSA) is 64.6 Å². The maximum absolute atomic E-state index is 11.4. The van der Waals surface area contributed by atoms with E-state index < -0.39 is 5.97 Å². The number of likely N-dealkylation sites (N-methyl/N-ethyl adjacent to an activating group) is 1. The number of ether oxygens (including phenoxy) is 2. The maximum atomic E-state index is 11.4. The van der Waals surface area contributed by atoms with E-state index in [1.165, 1.54) is 12.3 Å². The Morgan fingerprint density at radius 3 is 2.88 bits per heavy atom. The van der Waals surface area contributed by atoms with Crippen molar-refractivity contribution in [2.24, 2.45) is 0 Å². The molecule has 0 spiro atoms. The minimum absolute atomic E-state index is 0.192. The molecule has 0 N–H and O–H groups in total. The van der Waals surface area contributed by atoms with E-state index in [1.807, 2.05) is 19.0 Å². The van der Waals surface area contributed by atoms with E-state index in [0.29, 0.717) is 13.2 Å². The second kappa shape index (κ2) is 6.80. The summed E-state index contributed by atoms with van der Waals surface area (Å²) in [5.74, 6) is -0.465. The Labute approximate surface area is 101 Å². The monoisotopic (exact) mass is 239 g/mol. The van der Waals surface area contributed by atoms with Crippen LogP contribution in [0.3, 0.4) is 0 Å². The number of rotatable bonds is 6. The summed E-state index contributed by atoms with van der Waals surface area (Å²) in [4.78, 5) is 21.3. The van der Waals surface area contributed by atoms with Crippen molar-refractivity contribution in [2.75, 3.05) is 33.9 Å². The molecule has 1 heterocycles. The lowest BCUT2D eigenvalue weighted by Gasteiger charge is -2.09. The second-order valence-corrected chi connectivity index (χ2v) is 3.60. The van der Waals surface area contributed by atoms with Gasteiger partial charge in [-0.25, -0.2) is 9.78 Å². The highest BCUT2D eigenvalue weighted by atomic mass is 16.5. The Bertz CT molecular complexity index is 369. The van der Waals surface area contributed by atoms with Crippen LogP contribution in [0.25, 0.3) is 0 Å². The molecule has 6 nitrogen and oxygen atoms in total. The average molecular weight is 239 g/mol. The van der Waals surface area contributed by atoms with Crippen LogP contribution < -0.4 is 4.74 Å². The summed E-state index contributed by atoms with van der Waals surface area (Å²) in [5.41, 5.74) is 0.210. The van der Waals surface area contributed by atoms with E-state index in [9.17, 15) is 4.79 Å². The highest BCUT2D eigenvalue weighted by molar-refractivity contribution is 5.87. The summed E-state index contributed by atoms with van der Waals surface area (Å²) in [6.07, 6.45) is 1.48. The molecular formula is C11H17N3O3. The summed E-state index contributed by atoms with van der Waals surface area (Å²) in [6, 6.07) is 1.69. The first kappa shape index (κ1) is 13.4. The van der Waals surface area contributed by atoms with E-state index in [-0.39, 0.29) is 11.7 Å². The molecule has 1 aromatic heterocycles. The van der Waals surface area contributed by atoms with Gasteiger partial charge in [-0.3, -0.25) is 0 Å². The summed E-state index contributed by atoms with van der Waals surface area (Å²) in [7, 11) is 3.89. The predicted octanol–water partition coefficient (Wildman–Crippen LogP) is 0.594. The van der Waals surface area contributed by atoms with Gasteiger partial charge in [-0.2, -0.15) is 4.98 Å². The Balaban J connectivity index is 2.56. The highest BCUT2D eigenvalue weighted by Gasteiger charge is 2.09. The molecule has 0 aliphatic rings. The lowest BCUT2D eigenvalue weighted by molar-refractivity contribution is 0.0517. The van der Waals surface area contributed by atoms with Crippen LogP contribution in [0.15, 0.2) is 12.3 Å². The van der Waals surface area contributed by atoms with Gasteiger partial charge in [0.25, 0.3) is 0 Å². The van der Waals surface area contributed by atoms with E-state index in [1.54, 1.807) is 6.92 Å². The van der Waals surface area contributed by atoms with Crippen molar-refractivity contribution < 1.29 is 14.3 Å². The van der Waals surface area contributed by atoms with Crippen LogP contribution in [-0.2, 0) is 4.74 Å². The van der Waals surface area contributed by atoms with Gasteiger partial charge in [0.15, 0.2) is 5.69 Å². The van der Waals surface area contributed by atoms with Crippen LogP contribution in [0, 0.1) is 0 Å². The largest absolute Gasteiger partial charge is 0.462 e. The Morgan fingerprint density at radius 1 is 1.47 bits per heavy atom. The fourth-order valence-electron chi connectivity index (χ4n) is 1.05. The van der Waals surface area contributed by atoms with E-state index in [4.69, 9.17) is 9.47 Å². The Morgan fingerprint density at radius 2 is 2.24 bits per heavy atom. The first-order valence-corrected chi connectivity index (χ1v) is 5.41. The van der Waals surface area contributed by atoms with E-state index >= 15 is 0 Å². The molecule has 1 aromatic rings. The molecule has 1 rings (SSSR count). The smallest absolute Gasteiger partial charge is 0.357 e. The summed E-state index contributed by atoms with van der Waals surface area (Å²) >= 11 is 0. The molecule has 0 aliphatic carbocycles. The van der Waals surface area contributed by atoms with Gasteiger partial charge in [0.1, 0.15) is 6.61 Å². The third-order valence-electron chi connectivity index (χ3n) is 1.89. The summed E-state index contributed by atoms with van der Waals surface area (Å²) in [5, 5.41) is 0. The van der Waals surface area contributed by atoms with Gasteiger partial charge >= 0.3 is 12.0 Å². The SMILES string of the molecule is CCOC(=O)c1ccnc(OCCN(C)C)n1. The molecule has 0 fully saturated rings. The van der Waals surface area contributed by atoms with Gasteiger partial charge in [0.05, 0.1) is 6.61 Å². The van der Waals surface area contributed by atoms with Gasteiger partial charge in [-0.05, 0) is 27.1 Å². The van der Waals surface area contributed by atoms with Crippen molar-refractivity contribution in [2.45, 2.75) is 6.92 Å². The second-order valence-electron chi connectivity index (χ2n) is 3.60. The number of nitrogens with zero attached hydrogens (tertiary/aromatic N) is 3. The molecule has 6 heteroatoms. The fraction of sp³-hybridized carbons (Fsp3) is 0.545. The van der Waals surface area contributed by atoms with Gasteiger partial charge in [-0.1, -0.05) is 0 Å². The van der Waals surface area contributed by atoms with Gasteiger partial charge in [0.2, 0.25) is 0 Å². The van der Waals surface area contributed by atoms with Crippen LogP contribution in [0.1, 0.15) is 17.4 Å². The van der Waals surface area contributed by atoms with Crippen molar-refractivity contribution in [3.05, 3.63) is 18.0 Å². The zero-order valence-corrected chi connectivity index (χ0v) is 10.3. The van der Waals surface area contributed by atoms with Gasteiger partial charge in [0, 0.05) is 12.7 Å².